The molecule has 0 unspecified atom stereocenters. The fourth-order valence-electron chi connectivity index (χ4n) is 3.87. The van der Waals surface area contributed by atoms with Gasteiger partial charge < -0.3 is 14.7 Å². The Hall–Kier alpha value is -4.86. The van der Waals surface area contributed by atoms with Crippen LogP contribution in [0, 0.1) is 5.41 Å². The average molecular weight is 479 g/mol. The van der Waals surface area contributed by atoms with Crippen LogP contribution in [0.5, 0.6) is 0 Å². The van der Waals surface area contributed by atoms with Crippen LogP contribution < -0.4 is 5.32 Å². The van der Waals surface area contributed by atoms with Gasteiger partial charge in [-0.3, -0.25) is 19.9 Å². The molecular formula is C26H22N8O2. The van der Waals surface area contributed by atoms with Gasteiger partial charge in [-0.2, -0.15) is 5.10 Å². The predicted molar refractivity (Wildman–Crippen MR) is 136 cm³/mol. The van der Waals surface area contributed by atoms with E-state index < -0.39 is 5.41 Å². The van der Waals surface area contributed by atoms with Crippen LogP contribution in [0.2, 0.25) is 0 Å². The maximum atomic E-state index is 12.4. The van der Waals surface area contributed by atoms with Crippen LogP contribution in [0.4, 0.5) is 5.69 Å². The van der Waals surface area contributed by atoms with Gasteiger partial charge in [0.05, 0.1) is 47.3 Å². The standard InChI is InChI=1S/C26H22N8O2/c1-26(2,3)25(35)29-16-8-15(9-27-10-16)18-4-5-19-22(30-18)23(34-33-19)24-31-20-12-28-11-17(21(20)32-24)14-6-7-36-13-14/h4-13H,1-3H3,(H,29,35)(H,31,32)(H,33,34). The number of aromatic amines is 2. The Labute approximate surface area is 205 Å². The van der Waals surface area contributed by atoms with E-state index in [1.165, 1.54) is 0 Å². The molecule has 0 atom stereocenters. The molecule has 6 aromatic rings. The fourth-order valence-corrected chi connectivity index (χ4v) is 3.87. The van der Waals surface area contributed by atoms with Crippen LogP contribution in [0.15, 0.2) is 66.0 Å². The number of carbonyl (C=O) groups is 1. The van der Waals surface area contributed by atoms with Gasteiger partial charge in [0.2, 0.25) is 5.91 Å². The highest BCUT2D eigenvalue weighted by Crippen LogP contribution is 2.31. The minimum absolute atomic E-state index is 0.0869. The molecule has 0 saturated carbocycles. The average Bonchev–Trinajstić information content (AvgIpc) is 3.62. The molecule has 0 aromatic carbocycles. The van der Waals surface area contributed by atoms with E-state index in [1.807, 2.05) is 45.0 Å². The third-order valence-electron chi connectivity index (χ3n) is 5.83. The molecule has 6 heterocycles. The highest BCUT2D eigenvalue weighted by atomic mass is 16.3. The molecule has 0 aliphatic carbocycles. The monoisotopic (exact) mass is 478 g/mol. The number of nitrogens with zero attached hydrogens (tertiary/aromatic N) is 5. The summed E-state index contributed by atoms with van der Waals surface area (Å²) in [7, 11) is 0. The van der Waals surface area contributed by atoms with Crippen LogP contribution in [-0.4, -0.2) is 41.0 Å². The van der Waals surface area contributed by atoms with Crippen molar-refractivity contribution in [2.45, 2.75) is 20.8 Å². The number of anilines is 1. The Morgan fingerprint density at radius 2 is 1.81 bits per heavy atom. The van der Waals surface area contributed by atoms with Crippen molar-refractivity contribution in [3.05, 3.63) is 61.6 Å². The highest BCUT2D eigenvalue weighted by molar-refractivity contribution is 5.96. The van der Waals surface area contributed by atoms with Crippen molar-refractivity contribution >= 4 is 33.7 Å². The summed E-state index contributed by atoms with van der Waals surface area (Å²) in [6.45, 7) is 5.59. The second-order valence-electron chi connectivity index (χ2n) is 9.51. The molecule has 6 rings (SSSR count). The van der Waals surface area contributed by atoms with E-state index in [-0.39, 0.29) is 5.91 Å². The van der Waals surface area contributed by atoms with E-state index >= 15 is 0 Å². The molecule has 178 valence electrons. The molecule has 1 amide bonds. The summed E-state index contributed by atoms with van der Waals surface area (Å²) in [5, 5.41) is 10.4. The molecule has 0 spiro atoms. The van der Waals surface area contributed by atoms with Crippen LogP contribution >= 0.6 is 0 Å². The Morgan fingerprint density at radius 3 is 2.61 bits per heavy atom. The first-order valence-corrected chi connectivity index (χ1v) is 11.4. The van der Waals surface area contributed by atoms with Crippen molar-refractivity contribution in [1.29, 1.82) is 0 Å². The molecule has 10 heteroatoms. The van der Waals surface area contributed by atoms with Gasteiger partial charge in [0.15, 0.2) is 11.5 Å². The van der Waals surface area contributed by atoms with E-state index in [0.29, 0.717) is 28.4 Å². The second kappa shape index (κ2) is 8.12. The molecule has 0 aliphatic rings. The number of rotatable bonds is 4. The Bertz CT molecular complexity index is 1720. The molecule has 3 N–H and O–H groups in total. The van der Waals surface area contributed by atoms with Crippen LogP contribution in [0.3, 0.4) is 0 Å². The Kier molecular flexibility index (Phi) is 4.89. The fraction of sp³-hybridized carbons (Fsp3) is 0.154. The molecule has 0 bridgehead atoms. The normalized spacial score (nSPS) is 11.9. The van der Waals surface area contributed by atoms with Gasteiger partial charge in [-0.25, -0.2) is 9.97 Å². The summed E-state index contributed by atoms with van der Waals surface area (Å²) >= 11 is 0. The number of hydrogen-bond donors (Lipinski definition) is 3. The molecule has 0 aliphatic heterocycles. The molecule has 0 fully saturated rings. The number of H-pyrrole nitrogens is 2. The van der Waals surface area contributed by atoms with Crippen molar-refractivity contribution in [1.82, 2.24) is 35.1 Å². The van der Waals surface area contributed by atoms with Gasteiger partial charge >= 0.3 is 0 Å². The van der Waals surface area contributed by atoms with Crippen LogP contribution in [0.25, 0.3) is 56.0 Å². The van der Waals surface area contributed by atoms with Crippen molar-refractivity contribution in [2.75, 3.05) is 5.32 Å². The SMILES string of the molecule is CC(C)(C)C(=O)Nc1cncc(-c2ccc3[nH]nc(-c4nc5c(-c6ccoc6)cncc5[nH]4)c3n2)c1. The minimum Gasteiger partial charge on any atom is -0.472 e. The maximum absolute atomic E-state index is 12.4. The lowest BCUT2D eigenvalue weighted by molar-refractivity contribution is -0.123. The van der Waals surface area contributed by atoms with Crippen LogP contribution in [-0.2, 0) is 4.79 Å². The van der Waals surface area contributed by atoms with Crippen molar-refractivity contribution in [3.8, 4) is 33.9 Å². The highest BCUT2D eigenvalue weighted by Gasteiger charge is 2.22. The summed E-state index contributed by atoms with van der Waals surface area (Å²) < 4.78 is 5.23. The van der Waals surface area contributed by atoms with Crippen molar-refractivity contribution in [2.24, 2.45) is 5.41 Å². The van der Waals surface area contributed by atoms with Gasteiger partial charge in [0.25, 0.3) is 0 Å². The van der Waals surface area contributed by atoms with E-state index in [1.54, 1.807) is 37.3 Å². The first-order valence-electron chi connectivity index (χ1n) is 11.4. The summed E-state index contributed by atoms with van der Waals surface area (Å²) in [5.74, 6) is 0.485. The number of amides is 1. The van der Waals surface area contributed by atoms with E-state index in [2.05, 4.69) is 30.5 Å². The molecule has 10 nitrogen and oxygen atoms in total. The lowest BCUT2D eigenvalue weighted by atomic mass is 9.95. The number of furan rings is 1. The van der Waals surface area contributed by atoms with E-state index in [0.717, 1.165) is 33.2 Å². The number of pyridine rings is 3. The zero-order valence-electron chi connectivity index (χ0n) is 19.8. The first-order chi connectivity index (χ1) is 17.4. The van der Waals surface area contributed by atoms with Crippen molar-refractivity contribution < 1.29 is 9.21 Å². The largest absolute Gasteiger partial charge is 0.472 e. The molecule has 0 saturated heterocycles. The predicted octanol–water partition coefficient (Wildman–Crippen LogP) is 5.20. The van der Waals surface area contributed by atoms with Gasteiger partial charge in [-0.05, 0) is 24.3 Å². The molecule has 36 heavy (non-hydrogen) atoms. The summed E-state index contributed by atoms with van der Waals surface area (Å²) in [5.41, 5.74) is 6.88. The Morgan fingerprint density at radius 1 is 0.944 bits per heavy atom. The molecule has 0 radical (unpaired) electrons. The van der Waals surface area contributed by atoms with Gasteiger partial charge in [-0.1, -0.05) is 20.8 Å². The topological polar surface area (TPSA) is 138 Å². The number of nitrogens with one attached hydrogen (secondary N) is 3. The second-order valence-corrected chi connectivity index (χ2v) is 9.51. The zero-order chi connectivity index (χ0) is 24.9. The van der Waals surface area contributed by atoms with Gasteiger partial charge in [0, 0.05) is 34.5 Å². The van der Waals surface area contributed by atoms with Gasteiger partial charge in [0.1, 0.15) is 11.0 Å². The number of hydrogen-bond acceptors (Lipinski definition) is 7. The third kappa shape index (κ3) is 3.78. The number of aromatic nitrogens is 7. The minimum atomic E-state index is -0.515. The number of imidazole rings is 1. The smallest absolute Gasteiger partial charge is 0.229 e. The summed E-state index contributed by atoms with van der Waals surface area (Å²) in [6.07, 6.45) is 10.1. The molecule has 6 aromatic heterocycles. The van der Waals surface area contributed by atoms with E-state index in [4.69, 9.17) is 14.4 Å². The summed E-state index contributed by atoms with van der Waals surface area (Å²) in [4.78, 5) is 34.0. The number of fused-ring (bicyclic) bond motifs is 2. The Balaban J connectivity index is 1.40. The van der Waals surface area contributed by atoms with Crippen molar-refractivity contribution in [3.63, 3.8) is 0 Å². The van der Waals surface area contributed by atoms with Gasteiger partial charge in [-0.15, -0.1) is 0 Å². The first kappa shape index (κ1) is 21.7. The third-order valence-corrected chi connectivity index (χ3v) is 5.83. The number of carbonyl (C=O) groups excluding carboxylic acids is 1. The molecular weight excluding hydrogens is 456 g/mol. The maximum Gasteiger partial charge on any atom is 0.229 e. The van der Waals surface area contributed by atoms with E-state index in [9.17, 15) is 4.79 Å². The lowest BCUT2D eigenvalue weighted by Crippen LogP contribution is -2.27. The zero-order valence-corrected chi connectivity index (χ0v) is 19.8. The van der Waals surface area contributed by atoms with Crippen LogP contribution in [0.1, 0.15) is 20.8 Å². The summed E-state index contributed by atoms with van der Waals surface area (Å²) in [6, 6.07) is 7.52. The lowest BCUT2D eigenvalue weighted by Gasteiger charge is -2.17. The quantitative estimate of drug-likeness (QED) is 0.316.